The number of nitrogens with zero attached hydrogens (tertiary/aromatic N) is 1. The van der Waals surface area contributed by atoms with Crippen molar-refractivity contribution in [2.75, 3.05) is 5.32 Å². The molecule has 0 atom stereocenters. The highest BCUT2D eigenvalue weighted by molar-refractivity contribution is 5.91. The second kappa shape index (κ2) is 5.11. The van der Waals surface area contributed by atoms with Crippen LogP contribution in [0.2, 0.25) is 0 Å². The topological polar surface area (TPSA) is 24.9 Å². The fourth-order valence-corrected chi connectivity index (χ4v) is 2.21. The Hall–Kier alpha value is -2.35. The Morgan fingerprint density at radius 2 is 1.84 bits per heavy atom. The Morgan fingerprint density at radius 1 is 1.00 bits per heavy atom. The van der Waals surface area contributed by atoms with E-state index in [0.717, 1.165) is 17.7 Å². The second-order valence-electron chi connectivity index (χ2n) is 4.72. The van der Waals surface area contributed by atoms with E-state index in [2.05, 4.69) is 59.7 Å². The van der Waals surface area contributed by atoms with Gasteiger partial charge in [-0.2, -0.15) is 0 Å². The lowest BCUT2D eigenvalue weighted by molar-refractivity contribution is 1.15. The molecule has 0 unspecified atom stereocenters. The molecule has 0 amide bonds. The van der Waals surface area contributed by atoms with Crippen LogP contribution in [0.25, 0.3) is 10.9 Å². The number of hydrogen-bond donors (Lipinski definition) is 1. The van der Waals surface area contributed by atoms with E-state index in [0.29, 0.717) is 0 Å². The summed E-state index contributed by atoms with van der Waals surface area (Å²) in [6.45, 7) is 2.93. The lowest BCUT2D eigenvalue weighted by Gasteiger charge is -2.10. The first-order valence-corrected chi connectivity index (χ1v) is 6.46. The molecule has 0 bridgehead atoms. The van der Waals surface area contributed by atoms with Crippen LogP contribution in [0.3, 0.4) is 0 Å². The molecule has 2 heteroatoms. The average molecular weight is 248 g/mol. The lowest BCUT2D eigenvalue weighted by Crippen LogP contribution is -2.00. The van der Waals surface area contributed by atoms with Crippen molar-refractivity contribution in [2.45, 2.75) is 13.5 Å². The zero-order valence-corrected chi connectivity index (χ0v) is 10.9. The van der Waals surface area contributed by atoms with E-state index in [1.54, 1.807) is 0 Å². The summed E-state index contributed by atoms with van der Waals surface area (Å²) in [5, 5.41) is 4.67. The minimum Gasteiger partial charge on any atom is -0.380 e. The number of fused-ring (bicyclic) bond motifs is 1. The molecule has 0 fully saturated rings. The molecule has 1 aromatic heterocycles. The third kappa shape index (κ3) is 2.58. The van der Waals surface area contributed by atoms with Crippen LogP contribution in [0.15, 0.2) is 60.8 Å². The number of aryl methyl sites for hydroxylation is 1. The smallest absolute Gasteiger partial charge is 0.0722 e. The number of pyridine rings is 1. The normalized spacial score (nSPS) is 10.6. The van der Waals surface area contributed by atoms with E-state index in [4.69, 9.17) is 0 Å². The summed E-state index contributed by atoms with van der Waals surface area (Å²) in [7, 11) is 0. The van der Waals surface area contributed by atoms with Gasteiger partial charge in [-0.15, -0.1) is 0 Å². The van der Waals surface area contributed by atoms with Gasteiger partial charge in [-0.25, -0.2) is 0 Å². The van der Waals surface area contributed by atoms with Crippen LogP contribution in [0, 0.1) is 6.92 Å². The zero-order valence-electron chi connectivity index (χ0n) is 10.9. The second-order valence-corrected chi connectivity index (χ2v) is 4.72. The Balaban J connectivity index is 1.90. The van der Waals surface area contributed by atoms with Crippen molar-refractivity contribution in [1.82, 2.24) is 4.98 Å². The van der Waals surface area contributed by atoms with Crippen LogP contribution in [-0.2, 0) is 6.54 Å². The molecule has 0 saturated carbocycles. The van der Waals surface area contributed by atoms with Gasteiger partial charge in [0, 0.05) is 23.8 Å². The summed E-state index contributed by atoms with van der Waals surface area (Å²) in [5.74, 6) is 0. The van der Waals surface area contributed by atoms with Gasteiger partial charge in [-0.3, -0.25) is 4.98 Å². The monoisotopic (exact) mass is 248 g/mol. The molecule has 3 aromatic rings. The number of benzene rings is 2. The van der Waals surface area contributed by atoms with E-state index in [-0.39, 0.29) is 0 Å². The molecule has 19 heavy (non-hydrogen) atoms. The van der Waals surface area contributed by atoms with Crippen molar-refractivity contribution in [3.63, 3.8) is 0 Å². The van der Waals surface area contributed by atoms with Crippen molar-refractivity contribution in [2.24, 2.45) is 0 Å². The number of nitrogens with one attached hydrogen (secondary N) is 1. The van der Waals surface area contributed by atoms with Crippen LogP contribution >= 0.6 is 0 Å². The van der Waals surface area contributed by atoms with Crippen molar-refractivity contribution in [3.8, 4) is 0 Å². The van der Waals surface area contributed by atoms with E-state index in [9.17, 15) is 0 Å². The number of hydrogen-bond acceptors (Lipinski definition) is 2. The van der Waals surface area contributed by atoms with E-state index in [1.807, 2.05) is 18.3 Å². The Bertz CT molecular complexity index is 690. The zero-order chi connectivity index (χ0) is 13.1. The maximum absolute atomic E-state index is 4.40. The van der Waals surface area contributed by atoms with Gasteiger partial charge >= 0.3 is 0 Å². The van der Waals surface area contributed by atoms with Gasteiger partial charge in [0.1, 0.15) is 0 Å². The average Bonchev–Trinajstić information content (AvgIpc) is 2.46. The molecule has 0 aliphatic carbocycles. The molecule has 94 valence electrons. The fourth-order valence-electron chi connectivity index (χ4n) is 2.21. The van der Waals surface area contributed by atoms with E-state index >= 15 is 0 Å². The quantitative estimate of drug-likeness (QED) is 0.753. The van der Waals surface area contributed by atoms with Gasteiger partial charge in [0.2, 0.25) is 0 Å². The van der Waals surface area contributed by atoms with E-state index < -0.39 is 0 Å². The molecule has 0 radical (unpaired) electrons. The third-order valence-electron chi connectivity index (χ3n) is 3.22. The van der Waals surface area contributed by atoms with Crippen molar-refractivity contribution < 1.29 is 0 Å². The minimum atomic E-state index is 0.827. The van der Waals surface area contributed by atoms with Crippen LogP contribution in [-0.4, -0.2) is 4.98 Å². The summed E-state index contributed by atoms with van der Waals surface area (Å²) in [4.78, 5) is 4.40. The van der Waals surface area contributed by atoms with Gasteiger partial charge in [-0.05, 0) is 30.7 Å². The molecule has 1 N–H and O–H groups in total. The molecular formula is C17H16N2. The molecule has 3 rings (SSSR count). The third-order valence-corrected chi connectivity index (χ3v) is 3.22. The molecule has 0 saturated heterocycles. The number of anilines is 1. The van der Waals surface area contributed by atoms with Crippen LogP contribution in [0.4, 0.5) is 5.69 Å². The molecular weight excluding hydrogens is 232 g/mol. The lowest BCUT2D eigenvalue weighted by atomic mass is 10.1. The van der Waals surface area contributed by atoms with Gasteiger partial charge in [0.15, 0.2) is 0 Å². The molecule has 0 spiro atoms. The first-order chi connectivity index (χ1) is 9.33. The van der Waals surface area contributed by atoms with Gasteiger partial charge < -0.3 is 5.32 Å². The minimum absolute atomic E-state index is 0.827. The summed E-state index contributed by atoms with van der Waals surface area (Å²) < 4.78 is 0. The van der Waals surface area contributed by atoms with E-state index in [1.165, 1.54) is 16.5 Å². The molecule has 1 heterocycles. The predicted octanol–water partition coefficient (Wildman–Crippen LogP) is 4.16. The number of aromatic nitrogens is 1. The van der Waals surface area contributed by atoms with Gasteiger partial charge in [0.25, 0.3) is 0 Å². The largest absolute Gasteiger partial charge is 0.380 e. The first-order valence-electron chi connectivity index (χ1n) is 6.46. The standard InChI is InChI=1S/C17H16N2/c1-13-7-8-16-15(11-13)17(9-10-18-16)19-12-14-5-3-2-4-6-14/h2-11H,12H2,1H3,(H,18,19). The van der Waals surface area contributed by atoms with Crippen LogP contribution in [0.5, 0.6) is 0 Å². The molecule has 2 nitrogen and oxygen atoms in total. The summed E-state index contributed by atoms with van der Waals surface area (Å²) in [6, 6.07) is 18.8. The molecule has 0 aliphatic rings. The maximum atomic E-state index is 4.40. The predicted molar refractivity (Wildman–Crippen MR) is 80.2 cm³/mol. The van der Waals surface area contributed by atoms with Crippen LogP contribution < -0.4 is 5.32 Å². The highest BCUT2D eigenvalue weighted by Crippen LogP contribution is 2.23. The Morgan fingerprint density at radius 3 is 2.68 bits per heavy atom. The van der Waals surface area contributed by atoms with Crippen molar-refractivity contribution in [1.29, 1.82) is 0 Å². The van der Waals surface area contributed by atoms with Gasteiger partial charge in [-0.1, -0.05) is 42.0 Å². The summed E-state index contributed by atoms with van der Waals surface area (Å²) in [6.07, 6.45) is 1.85. The highest BCUT2D eigenvalue weighted by Gasteiger charge is 2.01. The number of rotatable bonds is 3. The van der Waals surface area contributed by atoms with Gasteiger partial charge in [0.05, 0.1) is 5.52 Å². The Kier molecular flexibility index (Phi) is 3.15. The SMILES string of the molecule is Cc1ccc2nccc(NCc3ccccc3)c2c1. The molecule has 2 aromatic carbocycles. The fraction of sp³-hybridized carbons (Fsp3) is 0.118. The maximum Gasteiger partial charge on any atom is 0.0722 e. The van der Waals surface area contributed by atoms with Crippen molar-refractivity contribution in [3.05, 3.63) is 71.9 Å². The van der Waals surface area contributed by atoms with Crippen LogP contribution in [0.1, 0.15) is 11.1 Å². The molecule has 0 aliphatic heterocycles. The Labute approximate surface area is 113 Å². The highest BCUT2D eigenvalue weighted by atomic mass is 14.9. The summed E-state index contributed by atoms with van der Waals surface area (Å²) >= 11 is 0. The summed E-state index contributed by atoms with van der Waals surface area (Å²) in [5.41, 5.74) is 4.70. The first kappa shape index (κ1) is 11.7. The van der Waals surface area contributed by atoms with Crippen molar-refractivity contribution >= 4 is 16.6 Å².